The molecule has 0 aliphatic rings. The van der Waals surface area contributed by atoms with Crippen molar-refractivity contribution in [2.24, 2.45) is 5.73 Å². The average Bonchev–Trinajstić information content (AvgIpc) is 2.22. The second kappa shape index (κ2) is 6.19. The number of nitrogens with two attached hydrogens (primary N) is 1. The van der Waals surface area contributed by atoms with Crippen LogP contribution in [0.4, 0.5) is 13.6 Å². The largest absolute Gasteiger partial charge is 0.351 e. The van der Waals surface area contributed by atoms with E-state index in [0.29, 0.717) is 10.6 Å². The fraction of sp³-hybridized carbons (Fsp3) is 0.200. The zero-order valence-corrected chi connectivity index (χ0v) is 9.52. The smallest absolute Gasteiger partial charge is 0.318 e. The van der Waals surface area contributed by atoms with Crippen LogP contribution in [0.25, 0.3) is 0 Å². The van der Waals surface area contributed by atoms with Gasteiger partial charge < -0.3 is 5.73 Å². The van der Waals surface area contributed by atoms with Crippen LogP contribution in [0.3, 0.4) is 0 Å². The Kier molecular flexibility index (Phi) is 4.89. The molecule has 0 heterocycles. The number of carbonyl (C=O) groups excluding carboxylic acids is 2. The van der Waals surface area contributed by atoms with Crippen LogP contribution >= 0.6 is 11.8 Å². The van der Waals surface area contributed by atoms with Crippen LogP contribution < -0.4 is 11.1 Å². The van der Waals surface area contributed by atoms with Crippen LogP contribution in [-0.4, -0.2) is 17.7 Å². The average molecular weight is 260 g/mol. The number of hydrogen-bond donors (Lipinski definition) is 2. The third-order valence-electron chi connectivity index (χ3n) is 1.75. The van der Waals surface area contributed by atoms with Gasteiger partial charge in [-0.3, -0.25) is 10.1 Å². The summed E-state index contributed by atoms with van der Waals surface area (Å²) in [6, 6.07) is 2.56. The first kappa shape index (κ1) is 13.4. The number of nitrogens with one attached hydrogen (secondary N) is 1. The number of thioether (sulfide) groups is 1. The van der Waals surface area contributed by atoms with E-state index in [2.05, 4.69) is 0 Å². The highest BCUT2D eigenvalue weighted by atomic mass is 32.2. The zero-order valence-electron chi connectivity index (χ0n) is 8.70. The van der Waals surface area contributed by atoms with Crippen molar-refractivity contribution < 1.29 is 18.4 Å². The van der Waals surface area contributed by atoms with E-state index < -0.39 is 23.6 Å². The molecule has 7 heteroatoms. The van der Waals surface area contributed by atoms with Crippen molar-refractivity contribution >= 4 is 23.7 Å². The Morgan fingerprint density at radius 3 is 2.59 bits per heavy atom. The minimum Gasteiger partial charge on any atom is -0.351 e. The molecule has 3 amide bonds. The van der Waals surface area contributed by atoms with Crippen molar-refractivity contribution in [1.29, 1.82) is 0 Å². The molecule has 0 aromatic heterocycles. The molecule has 17 heavy (non-hydrogen) atoms. The number of urea groups is 1. The summed E-state index contributed by atoms with van der Waals surface area (Å²) in [6.45, 7) is 0. The van der Waals surface area contributed by atoms with Crippen LogP contribution in [0.1, 0.15) is 6.42 Å². The molecule has 0 bridgehead atoms. The highest BCUT2D eigenvalue weighted by Crippen LogP contribution is 2.20. The Labute approximate surface area is 101 Å². The van der Waals surface area contributed by atoms with E-state index >= 15 is 0 Å². The van der Waals surface area contributed by atoms with Gasteiger partial charge in [0.05, 0.1) is 0 Å². The van der Waals surface area contributed by atoms with Crippen LogP contribution in [-0.2, 0) is 4.79 Å². The maximum atomic E-state index is 12.8. The summed E-state index contributed by atoms with van der Waals surface area (Å²) >= 11 is 1.18. The highest BCUT2D eigenvalue weighted by molar-refractivity contribution is 7.99. The number of halogens is 2. The monoisotopic (exact) mass is 260 g/mol. The number of imide groups is 1. The molecule has 0 aliphatic carbocycles. The van der Waals surface area contributed by atoms with E-state index in [1.54, 1.807) is 0 Å². The van der Waals surface area contributed by atoms with Gasteiger partial charge >= 0.3 is 6.03 Å². The summed E-state index contributed by atoms with van der Waals surface area (Å²) in [5, 5.41) is 1.90. The molecule has 0 radical (unpaired) electrons. The summed E-state index contributed by atoms with van der Waals surface area (Å²) in [4.78, 5) is 21.8. The second-order valence-corrected chi connectivity index (χ2v) is 4.26. The van der Waals surface area contributed by atoms with Crippen molar-refractivity contribution in [3.05, 3.63) is 29.8 Å². The molecule has 92 valence electrons. The Hall–Kier alpha value is -1.63. The second-order valence-electron chi connectivity index (χ2n) is 3.09. The zero-order chi connectivity index (χ0) is 12.8. The molecule has 1 aromatic carbocycles. The van der Waals surface area contributed by atoms with E-state index in [1.165, 1.54) is 17.8 Å². The lowest BCUT2D eigenvalue weighted by atomic mass is 10.3. The Morgan fingerprint density at radius 2 is 2.00 bits per heavy atom. The summed E-state index contributed by atoms with van der Waals surface area (Å²) in [5.74, 6) is -2.02. The van der Waals surface area contributed by atoms with Crippen LogP contribution in [0.5, 0.6) is 0 Å². The molecule has 3 N–H and O–H groups in total. The predicted molar refractivity (Wildman–Crippen MR) is 59.4 cm³/mol. The van der Waals surface area contributed by atoms with Gasteiger partial charge in [0.25, 0.3) is 0 Å². The summed E-state index contributed by atoms with van der Waals surface area (Å²) in [7, 11) is 0. The minimum atomic E-state index is -0.934. The first-order valence-electron chi connectivity index (χ1n) is 4.66. The summed E-state index contributed by atoms with van der Waals surface area (Å²) in [5.41, 5.74) is 4.74. The molecule has 1 aromatic rings. The maximum Gasteiger partial charge on any atom is 0.318 e. The Bertz CT molecular complexity index is 440. The first-order valence-corrected chi connectivity index (χ1v) is 5.64. The van der Waals surface area contributed by atoms with Gasteiger partial charge in [-0.05, 0) is 18.2 Å². The number of hydrogen-bond acceptors (Lipinski definition) is 3. The molecule has 0 saturated heterocycles. The summed E-state index contributed by atoms with van der Waals surface area (Å²) < 4.78 is 25.4. The molecule has 4 nitrogen and oxygen atoms in total. The molecular weight excluding hydrogens is 250 g/mol. The van der Waals surface area contributed by atoms with E-state index in [9.17, 15) is 18.4 Å². The van der Waals surface area contributed by atoms with Gasteiger partial charge in [-0.2, -0.15) is 0 Å². The van der Waals surface area contributed by atoms with Crippen molar-refractivity contribution in [2.75, 3.05) is 5.75 Å². The fourth-order valence-electron chi connectivity index (χ4n) is 1.03. The topological polar surface area (TPSA) is 72.2 Å². The van der Waals surface area contributed by atoms with E-state index in [-0.39, 0.29) is 6.42 Å². The Morgan fingerprint density at radius 1 is 1.29 bits per heavy atom. The molecule has 0 fully saturated rings. The molecular formula is C10H10F2N2O2S. The maximum absolute atomic E-state index is 12.8. The van der Waals surface area contributed by atoms with Crippen molar-refractivity contribution in [3.8, 4) is 0 Å². The van der Waals surface area contributed by atoms with Gasteiger partial charge in [0.15, 0.2) is 11.6 Å². The normalized spacial score (nSPS) is 10.0. The highest BCUT2D eigenvalue weighted by Gasteiger charge is 2.06. The number of primary amides is 1. The van der Waals surface area contributed by atoms with Crippen molar-refractivity contribution in [1.82, 2.24) is 5.32 Å². The lowest BCUT2D eigenvalue weighted by Crippen LogP contribution is -2.35. The number of rotatable bonds is 4. The van der Waals surface area contributed by atoms with E-state index in [0.717, 1.165) is 12.1 Å². The molecule has 0 spiro atoms. The lowest BCUT2D eigenvalue weighted by molar-refractivity contribution is -0.119. The quantitative estimate of drug-likeness (QED) is 0.808. The van der Waals surface area contributed by atoms with Crippen molar-refractivity contribution in [2.45, 2.75) is 11.3 Å². The summed E-state index contributed by atoms with van der Waals surface area (Å²) in [6.07, 6.45) is 0.0621. The number of benzene rings is 1. The van der Waals surface area contributed by atoms with Gasteiger partial charge in [0.2, 0.25) is 5.91 Å². The van der Waals surface area contributed by atoms with Gasteiger partial charge in [-0.1, -0.05) is 0 Å². The number of carbonyl (C=O) groups is 2. The third-order valence-corrected chi connectivity index (χ3v) is 2.75. The molecule has 0 atom stereocenters. The Balaban J connectivity index is 2.38. The van der Waals surface area contributed by atoms with E-state index in [4.69, 9.17) is 5.73 Å². The van der Waals surface area contributed by atoms with Gasteiger partial charge in [0, 0.05) is 17.1 Å². The van der Waals surface area contributed by atoms with Crippen LogP contribution in [0, 0.1) is 11.6 Å². The molecule has 1 rings (SSSR count). The van der Waals surface area contributed by atoms with Gasteiger partial charge in [0.1, 0.15) is 0 Å². The standard InChI is InChI=1S/C10H10F2N2O2S/c11-7-2-1-6(5-8(7)12)17-4-3-9(15)14-10(13)16/h1-2,5H,3-4H2,(H3,13,14,15,16). The fourth-order valence-corrected chi connectivity index (χ4v) is 1.90. The first-order chi connectivity index (χ1) is 7.99. The predicted octanol–water partition coefficient (Wildman–Crippen LogP) is 1.64. The molecule has 0 unspecified atom stereocenters. The van der Waals surface area contributed by atoms with Crippen molar-refractivity contribution in [3.63, 3.8) is 0 Å². The minimum absolute atomic E-state index is 0.0621. The van der Waals surface area contributed by atoms with Gasteiger partial charge in [-0.15, -0.1) is 11.8 Å². The lowest BCUT2D eigenvalue weighted by Gasteiger charge is -2.02. The SMILES string of the molecule is NC(=O)NC(=O)CCSc1ccc(F)c(F)c1. The van der Waals surface area contributed by atoms with Crippen LogP contribution in [0.2, 0.25) is 0 Å². The molecule has 0 aliphatic heterocycles. The van der Waals surface area contributed by atoms with Gasteiger partial charge in [-0.25, -0.2) is 13.6 Å². The third kappa shape index (κ3) is 4.81. The molecule has 0 saturated carbocycles. The van der Waals surface area contributed by atoms with E-state index in [1.807, 2.05) is 5.32 Å². The number of amides is 3. The van der Waals surface area contributed by atoms with Crippen LogP contribution in [0.15, 0.2) is 23.1 Å².